The number of benzene rings is 1. The highest BCUT2D eigenvalue weighted by atomic mass is 79.9. The van der Waals surface area contributed by atoms with Gasteiger partial charge in [0.15, 0.2) is 6.61 Å². The van der Waals surface area contributed by atoms with Crippen LogP contribution in [0.1, 0.15) is 12.8 Å². The third kappa shape index (κ3) is 5.21. The van der Waals surface area contributed by atoms with Crippen LogP contribution in [-0.4, -0.2) is 51.4 Å². The number of carbonyl (C=O) groups excluding carboxylic acids is 4. The molecule has 1 aromatic rings. The number of nitrogens with one attached hydrogen (secondary N) is 1. The van der Waals surface area contributed by atoms with Gasteiger partial charge >= 0.3 is 5.97 Å². The molecule has 0 spiro atoms. The molecule has 3 amide bonds. The lowest BCUT2D eigenvalue weighted by Gasteiger charge is -2.29. The van der Waals surface area contributed by atoms with Gasteiger partial charge in [-0.25, -0.2) is 0 Å². The summed E-state index contributed by atoms with van der Waals surface area (Å²) in [7, 11) is 0. The summed E-state index contributed by atoms with van der Waals surface area (Å²) in [4.78, 5) is 50.2. The molecule has 29 heavy (non-hydrogen) atoms. The predicted molar refractivity (Wildman–Crippen MR) is 117 cm³/mol. The van der Waals surface area contributed by atoms with Crippen LogP contribution in [0.25, 0.3) is 0 Å². The third-order valence-corrected chi connectivity index (χ3v) is 8.82. The van der Waals surface area contributed by atoms with Crippen molar-refractivity contribution < 1.29 is 23.9 Å². The lowest BCUT2D eigenvalue weighted by Crippen LogP contribution is -2.37. The van der Waals surface area contributed by atoms with Gasteiger partial charge in [0.05, 0.1) is 16.9 Å². The number of imide groups is 1. The molecular weight excluding hydrogens is 599 g/mol. The van der Waals surface area contributed by atoms with E-state index in [2.05, 4.69) is 53.1 Å². The topological polar surface area (TPSA) is 92.8 Å². The van der Waals surface area contributed by atoms with E-state index in [1.54, 1.807) is 18.2 Å². The van der Waals surface area contributed by atoms with Crippen molar-refractivity contribution in [1.82, 2.24) is 4.90 Å². The van der Waals surface area contributed by atoms with Crippen molar-refractivity contribution in [2.75, 3.05) is 18.5 Å². The maximum Gasteiger partial charge on any atom is 0.326 e. The minimum Gasteiger partial charge on any atom is -0.454 e. The molecule has 1 aliphatic carbocycles. The highest BCUT2D eigenvalue weighted by Crippen LogP contribution is 2.43. The Morgan fingerprint density at radius 2 is 1.72 bits per heavy atom. The number of halogens is 4. The zero-order chi connectivity index (χ0) is 21.3. The molecule has 4 atom stereocenters. The molecule has 1 saturated heterocycles. The van der Waals surface area contributed by atoms with Gasteiger partial charge in [0.2, 0.25) is 11.8 Å². The Labute approximate surface area is 197 Å². The number of hydrogen-bond donors (Lipinski definition) is 1. The van der Waals surface area contributed by atoms with Crippen molar-refractivity contribution in [3.05, 3.63) is 27.7 Å². The van der Waals surface area contributed by atoms with Gasteiger partial charge in [-0.3, -0.25) is 24.1 Å². The van der Waals surface area contributed by atoms with E-state index in [1.165, 1.54) is 0 Å². The van der Waals surface area contributed by atoms with Crippen LogP contribution < -0.4 is 5.32 Å². The molecule has 11 heteroatoms. The second-order valence-electron chi connectivity index (χ2n) is 6.82. The van der Waals surface area contributed by atoms with Crippen molar-refractivity contribution in [2.24, 2.45) is 11.8 Å². The first-order valence-electron chi connectivity index (χ1n) is 8.71. The van der Waals surface area contributed by atoms with Crippen LogP contribution in [-0.2, 0) is 23.9 Å². The minimum atomic E-state index is -0.819. The monoisotopic (exact) mass is 612 g/mol. The summed E-state index contributed by atoms with van der Waals surface area (Å²) in [5.41, 5.74) is 0.446. The number of rotatable bonds is 5. The molecule has 0 bridgehead atoms. The van der Waals surface area contributed by atoms with E-state index in [1.807, 2.05) is 0 Å². The van der Waals surface area contributed by atoms with E-state index in [9.17, 15) is 19.2 Å². The fraction of sp³-hybridized carbons (Fsp3) is 0.444. The molecule has 156 valence electrons. The fourth-order valence-electron chi connectivity index (χ4n) is 3.41. The van der Waals surface area contributed by atoms with Gasteiger partial charge in [-0.15, -0.1) is 0 Å². The summed E-state index contributed by atoms with van der Waals surface area (Å²) in [5, 5.41) is 2.97. The van der Waals surface area contributed by atoms with Gasteiger partial charge in [-0.2, -0.15) is 0 Å². The summed E-state index contributed by atoms with van der Waals surface area (Å²) >= 11 is 16.2. The quantitative estimate of drug-likeness (QED) is 0.311. The standard InChI is InChI=1S/C18H16Br3ClN2O5/c19-11-2-1-8(3-14(11)22)23-15(25)7-29-16(26)6-24-17(27)9-4-12(20)13(21)5-10(9)18(24)28/h1-3,9-10,12-13H,4-7H2,(H,23,25)/t9-,10+,12+,13-. The number of fused-ring (bicyclic) bond motifs is 1. The Hall–Kier alpha value is -0.970. The van der Waals surface area contributed by atoms with E-state index in [-0.39, 0.29) is 21.5 Å². The van der Waals surface area contributed by atoms with Gasteiger partial charge in [0.1, 0.15) is 6.54 Å². The Balaban J connectivity index is 1.51. The molecular formula is C18H16Br3ClN2O5. The average molecular weight is 616 g/mol. The number of carbonyl (C=O) groups is 4. The SMILES string of the molecule is O=C(COC(=O)CN1C(=O)[C@H]2C[C@@H](Br)[C@@H](Br)C[C@H]2C1=O)Nc1ccc(Br)c(Cl)c1. The normalized spacial score (nSPS) is 26.3. The van der Waals surface area contributed by atoms with E-state index in [4.69, 9.17) is 16.3 Å². The van der Waals surface area contributed by atoms with Crippen molar-refractivity contribution in [3.8, 4) is 0 Å². The molecule has 1 aromatic carbocycles. The maximum absolute atomic E-state index is 12.5. The van der Waals surface area contributed by atoms with E-state index < -0.39 is 36.9 Å². The van der Waals surface area contributed by atoms with Crippen LogP contribution in [0.3, 0.4) is 0 Å². The van der Waals surface area contributed by atoms with Crippen LogP contribution in [0.2, 0.25) is 5.02 Å². The molecule has 2 fully saturated rings. The van der Waals surface area contributed by atoms with E-state index in [0.717, 1.165) is 4.90 Å². The Kier molecular flexibility index (Phi) is 7.40. The number of alkyl halides is 2. The van der Waals surface area contributed by atoms with Crippen molar-refractivity contribution in [2.45, 2.75) is 22.5 Å². The molecule has 7 nitrogen and oxygen atoms in total. The second-order valence-corrected chi connectivity index (χ2v) is 10.4. The first-order chi connectivity index (χ1) is 13.7. The second kappa shape index (κ2) is 9.45. The highest BCUT2D eigenvalue weighted by molar-refractivity contribution is 9.12. The number of amides is 3. The largest absolute Gasteiger partial charge is 0.454 e. The fourth-order valence-corrected chi connectivity index (χ4v) is 5.08. The third-order valence-electron chi connectivity index (χ3n) is 4.86. The first kappa shape index (κ1) is 22.7. The van der Waals surface area contributed by atoms with E-state index in [0.29, 0.717) is 28.0 Å². The summed E-state index contributed by atoms with van der Waals surface area (Å²) in [5.74, 6) is -2.98. The van der Waals surface area contributed by atoms with Crippen LogP contribution in [0.5, 0.6) is 0 Å². The van der Waals surface area contributed by atoms with Crippen LogP contribution in [0.15, 0.2) is 22.7 Å². The summed E-state index contributed by atoms with van der Waals surface area (Å²) in [6.07, 6.45) is 1.05. The summed E-state index contributed by atoms with van der Waals surface area (Å²) < 4.78 is 5.61. The van der Waals surface area contributed by atoms with Gasteiger partial charge in [0.25, 0.3) is 5.91 Å². The minimum absolute atomic E-state index is 0.0863. The number of nitrogens with zero attached hydrogens (tertiary/aromatic N) is 1. The molecule has 3 rings (SSSR count). The average Bonchev–Trinajstić information content (AvgIpc) is 2.88. The zero-order valence-corrected chi connectivity index (χ0v) is 20.4. The van der Waals surface area contributed by atoms with E-state index >= 15 is 0 Å². The number of likely N-dealkylation sites (tertiary alicyclic amines) is 1. The van der Waals surface area contributed by atoms with Crippen LogP contribution in [0.4, 0.5) is 5.69 Å². The molecule has 1 N–H and O–H groups in total. The maximum atomic E-state index is 12.5. The molecule has 0 unspecified atom stereocenters. The Morgan fingerprint density at radius 3 is 2.28 bits per heavy atom. The first-order valence-corrected chi connectivity index (χ1v) is 11.7. The smallest absolute Gasteiger partial charge is 0.326 e. The lowest BCUT2D eigenvalue weighted by molar-refractivity contribution is -0.154. The van der Waals surface area contributed by atoms with Gasteiger partial charge in [0, 0.05) is 19.8 Å². The molecule has 1 saturated carbocycles. The van der Waals surface area contributed by atoms with Crippen molar-refractivity contribution in [1.29, 1.82) is 0 Å². The number of anilines is 1. The van der Waals surface area contributed by atoms with Crippen molar-refractivity contribution >= 4 is 88.8 Å². The number of esters is 1. The van der Waals surface area contributed by atoms with Gasteiger partial charge in [-0.05, 0) is 47.0 Å². The number of hydrogen-bond acceptors (Lipinski definition) is 5. The summed E-state index contributed by atoms with van der Waals surface area (Å²) in [6, 6.07) is 4.85. The lowest BCUT2D eigenvalue weighted by atomic mass is 9.81. The predicted octanol–water partition coefficient (Wildman–Crippen LogP) is 3.51. The number of ether oxygens (including phenoxy) is 1. The molecule has 2 aliphatic rings. The van der Waals surface area contributed by atoms with Gasteiger partial charge < -0.3 is 10.1 Å². The highest BCUT2D eigenvalue weighted by Gasteiger charge is 2.52. The Morgan fingerprint density at radius 1 is 1.14 bits per heavy atom. The molecule has 0 radical (unpaired) electrons. The zero-order valence-electron chi connectivity index (χ0n) is 14.9. The molecule has 1 heterocycles. The Bertz CT molecular complexity index is 840. The van der Waals surface area contributed by atoms with Crippen LogP contribution in [0, 0.1) is 11.8 Å². The molecule has 1 aliphatic heterocycles. The van der Waals surface area contributed by atoms with Crippen LogP contribution >= 0.6 is 59.4 Å². The van der Waals surface area contributed by atoms with Crippen molar-refractivity contribution in [3.63, 3.8) is 0 Å². The molecule has 0 aromatic heterocycles. The summed E-state index contributed by atoms with van der Waals surface area (Å²) in [6.45, 7) is -1.04. The van der Waals surface area contributed by atoms with Gasteiger partial charge in [-0.1, -0.05) is 43.5 Å².